The van der Waals surface area contributed by atoms with Gasteiger partial charge < -0.3 is 5.73 Å². The van der Waals surface area contributed by atoms with Crippen molar-refractivity contribution in [1.29, 1.82) is 0 Å². The van der Waals surface area contributed by atoms with E-state index in [-0.39, 0.29) is 12.1 Å². The van der Waals surface area contributed by atoms with Crippen molar-refractivity contribution in [2.75, 3.05) is 26.2 Å². The molecule has 0 radical (unpaired) electrons. The second kappa shape index (κ2) is 8.38. The van der Waals surface area contributed by atoms with E-state index in [0.717, 1.165) is 39.1 Å². The first-order valence-corrected chi connectivity index (χ1v) is 8.93. The van der Waals surface area contributed by atoms with Crippen LogP contribution in [0, 0.1) is 0 Å². The summed E-state index contributed by atoms with van der Waals surface area (Å²) in [6, 6.07) is 15.4. The number of rotatable bonds is 6. The van der Waals surface area contributed by atoms with E-state index in [1.54, 1.807) is 0 Å². The van der Waals surface area contributed by atoms with Gasteiger partial charge in [-0.05, 0) is 29.7 Å². The molecule has 1 aromatic heterocycles. The monoisotopic (exact) mass is 324 g/mol. The highest BCUT2D eigenvalue weighted by molar-refractivity contribution is 5.18. The van der Waals surface area contributed by atoms with Crippen LogP contribution in [0.2, 0.25) is 0 Å². The van der Waals surface area contributed by atoms with Gasteiger partial charge in [-0.1, -0.05) is 37.3 Å². The number of benzene rings is 1. The minimum Gasteiger partial charge on any atom is -0.326 e. The van der Waals surface area contributed by atoms with Gasteiger partial charge in [-0.2, -0.15) is 0 Å². The van der Waals surface area contributed by atoms with Crippen LogP contribution in [0.15, 0.2) is 54.9 Å². The minimum absolute atomic E-state index is 0.160. The summed E-state index contributed by atoms with van der Waals surface area (Å²) in [5.41, 5.74) is 9.14. The number of nitrogens with zero attached hydrogens (tertiary/aromatic N) is 3. The maximum absolute atomic E-state index is 6.46. The summed E-state index contributed by atoms with van der Waals surface area (Å²) in [5.74, 6) is 0. The predicted octanol–water partition coefficient (Wildman–Crippen LogP) is 2.68. The summed E-state index contributed by atoms with van der Waals surface area (Å²) in [7, 11) is 0. The van der Waals surface area contributed by atoms with Crippen LogP contribution in [-0.2, 0) is 6.54 Å². The van der Waals surface area contributed by atoms with Crippen LogP contribution in [0.4, 0.5) is 0 Å². The van der Waals surface area contributed by atoms with E-state index in [2.05, 4.69) is 64.2 Å². The molecule has 0 bridgehead atoms. The molecule has 128 valence electrons. The average molecular weight is 324 g/mol. The highest BCUT2D eigenvalue weighted by Crippen LogP contribution is 2.26. The number of hydrogen-bond donors (Lipinski definition) is 1. The lowest BCUT2D eigenvalue weighted by atomic mass is 9.96. The van der Waals surface area contributed by atoms with E-state index in [9.17, 15) is 0 Å². The highest BCUT2D eigenvalue weighted by atomic mass is 15.3. The summed E-state index contributed by atoms with van der Waals surface area (Å²) < 4.78 is 0. The summed E-state index contributed by atoms with van der Waals surface area (Å²) in [6.45, 7) is 7.51. The van der Waals surface area contributed by atoms with Gasteiger partial charge in [0.1, 0.15) is 0 Å². The van der Waals surface area contributed by atoms with Crippen LogP contribution in [-0.4, -0.2) is 47.0 Å². The molecule has 0 spiro atoms. The average Bonchev–Trinajstić information content (AvgIpc) is 2.65. The van der Waals surface area contributed by atoms with Gasteiger partial charge in [0.25, 0.3) is 0 Å². The fourth-order valence-corrected chi connectivity index (χ4v) is 3.55. The maximum atomic E-state index is 6.46. The molecule has 2 heterocycles. The molecule has 4 heteroatoms. The Bertz CT molecular complexity index is 594. The van der Waals surface area contributed by atoms with Gasteiger partial charge in [-0.25, -0.2) is 0 Å². The fourth-order valence-electron chi connectivity index (χ4n) is 3.55. The first-order valence-electron chi connectivity index (χ1n) is 8.93. The Hall–Kier alpha value is -1.75. The van der Waals surface area contributed by atoms with Gasteiger partial charge in [0.15, 0.2) is 0 Å². The van der Waals surface area contributed by atoms with E-state index < -0.39 is 0 Å². The Morgan fingerprint density at radius 3 is 2.29 bits per heavy atom. The largest absolute Gasteiger partial charge is 0.326 e. The van der Waals surface area contributed by atoms with Crippen molar-refractivity contribution in [2.24, 2.45) is 5.73 Å². The number of hydrogen-bond acceptors (Lipinski definition) is 4. The second-order valence-corrected chi connectivity index (χ2v) is 6.60. The van der Waals surface area contributed by atoms with E-state index in [1.807, 2.05) is 12.4 Å². The molecule has 2 unspecified atom stereocenters. The van der Waals surface area contributed by atoms with Gasteiger partial charge in [-0.3, -0.25) is 14.8 Å². The van der Waals surface area contributed by atoms with Crippen LogP contribution in [0.25, 0.3) is 0 Å². The molecular weight excluding hydrogens is 296 g/mol. The predicted molar refractivity (Wildman–Crippen MR) is 98.5 cm³/mol. The maximum Gasteiger partial charge on any atom is 0.0501 e. The summed E-state index contributed by atoms with van der Waals surface area (Å²) in [4.78, 5) is 9.23. The lowest BCUT2D eigenvalue weighted by Gasteiger charge is -2.41. The van der Waals surface area contributed by atoms with Gasteiger partial charge in [0, 0.05) is 51.2 Å². The Labute approximate surface area is 145 Å². The van der Waals surface area contributed by atoms with Gasteiger partial charge in [0.2, 0.25) is 0 Å². The Balaban J connectivity index is 1.63. The van der Waals surface area contributed by atoms with E-state index in [0.29, 0.717) is 0 Å². The van der Waals surface area contributed by atoms with Crippen LogP contribution in [0.1, 0.15) is 30.5 Å². The molecule has 1 aliphatic rings. The van der Waals surface area contributed by atoms with Crippen LogP contribution >= 0.6 is 0 Å². The van der Waals surface area contributed by atoms with Gasteiger partial charge >= 0.3 is 0 Å². The zero-order chi connectivity index (χ0) is 16.8. The first kappa shape index (κ1) is 17.1. The van der Waals surface area contributed by atoms with Crippen molar-refractivity contribution in [3.8, 4) is 0 Å². The number of piperazine rings is 1. The quantitative estimate of drug-likeness (QED) is 0.887. The van der Waals surface area contributed by atoms with E-state index in [4.69, 9.17) is 5.73 Å². The molecule has 2 aromatic rings. The molecule has 3 rings (SSSR count). The van der Waals surface area contributed by atoms with Gasteiger partial charge in [-0.15, -0.1) is 0 Å². The number of aromatic nitrogens is 1. The zero-order valence-corrected chi connectivity index (χ0v) is 14.5. The van der Waals surface area contributed by atoms with Crippen LogP contribution in [0.3, 0.4) is 0 Å². The molecule has 0 saturated carbocycles. The highest BCUT2D eigenvalue weighted by Gasteiger charge is 2.28. The minimum atomic E-state index is 0.160. The standard InChI is InChI=1S/C20H28N4/c1-2-19(21)20(18-8-10-22-11-9-18)24-14-12-23(13-15-24)16-17-6-4-3-5-7-17/h3-11,19-20H,2,12-16,21H2,1H3. The molecule has 1 aromatic carbocycles. The second-order valence-electron chi connectivity index (χ2n) is 6.60. The van der Waals surface area contributed by atoms with Crippen molar-refractivity contribution in [3.05, 3.63) is 66.0 Å². The molecule has 2 atom stereocenters. The third kappa shape index (κ3) is 4.20. The van der Waals surface area contributed by atoms with Gasteiger partial charge in [0.05, 0.1) is 6.04 Å². The molecule has 1 fully saturated rings. The van der Waals surface area contributed by atoms with Crippen LogP contribution < -0.4 is 5.73 Å². The molecule has 4 nitrogen and oxygen atoms in total. The lowest BCUT2D eigenvalue weighted by Crippen LogP contribution is -2.51. The lowest BCUT2D eigenvalue weighted by molar-refractivity contribution is 0.0798. The SMILES string of the molecule is CCC(N)C(c1ccncc1)N1CCN(Cc2ccccc2)CC1. The molecule has 1 aliphatic heterocycles. The summed E-state index contributed by atoms with van der Waals surface area (Å²) in [5, 5.41) is 0. The smallest absolute Gasteiger partial charge is 0.0501 e. The molecule has 24 heavy (non-hydrogen) atoms. The summed E-state index contributed by atoms with van der Waals surface area (Å²) >= 11 is 0. The Morgan fingerprint density at radius 2 is 1.67 bits per heavy atom. The third-order valence-electron chi connectivity index (χ3n) is 4.97. The number of pyridine rings is 1. The molecule has 1 saturated heterocycles. The van der Waals surface area contributed by atoms with Crippen molar-refractivity contribution in [2.45, 2.75) is 32.0 Å². The first-order chi connectivity index (χ1) is 11.8. The normalized spacial score (nSPS) is 19.1. The Kier molecular flexibility index (Phi) is 5.96. The molecule has 0 aliphatic carbocycles. The topological polar surface area (TPSA) is 45.4 Å². The molecule has 0 amide bonds. The van der Waals surface area contributed by atoms with Crippen molar-refractivity contribution >= 4 is 0 Å². The van der Waals surface area contributed by atoms with E-state index >= 15 is 0 Å². The Morgan fingerprint density at radius 1 is 1.00 bits per heavy atom. The summed E-state index contributed by atoms with van der Waals surface area (Å²) in [6.07, 6.45) is 4.73. The molecule has 2 N–H and O–H groups in total. The number of nitrogens with two attached hydrogens (primary N) is 1. The fraction of sp³-hybridized carbons (Fsp3) is 0.450. The van der Waals surface area contributed by atoms with Crippen molar-refractivity contribution < 1.29 is 0 Å². The van der Waals surface area contributed by atoms with Crippen LogP contribution in [0.5, 0.6) is 0 Å². The van der Waals surface area contributed by atoms with Crippen molar-refractivity contribution in [3.63, 3.8) is 0 Å². The third-order valence-corrected chi connectivity index (χ3v) is 4.97. The zero-order valence-electron chi connectivity index (χ0n) is 14.5. The van der Waals surface area contributed by atoms with E-state index in [1.165, 1.54) is 11.1 Å². The molecular formula is C20H28N4. The van der Waals surface area contributed by atoms with Crippen molar-refractivity contribution in [1.82, 2.24) is 14.8 Å².